The Hall–Kier alpha value is -2.82. The molecule has 0 heterocycles. The van der Waals surface area contributed by atoms with E-state index in [2.05, 4.69) is 19.2 Å². The van der Waals surface area contributed by atoms with E-state index in [-0.39, 0.29) is 6.61 Å². The monoisotopic (exact) mass is 326 g/mol. The second-order valence-electron chi connectivity index (χ2n) is 5.83. The zero-order valence-electron chi connectivity index (χ0n) is 13.9. The van der Waals surface area contributed by atoms with Crippen LogP contribution in [0.1, 0.15) is 36.9 Å². The average Bonchev–Trinajstić information content (AvgIpc) is 2.58. The zero-order chi connectivity index (χ0) is 17.5. The molecule has 0 aliphatic carbocycles. The van der Waals surface area contributed by atoms with E-state index in [1.54, 1.807) is 24.3 Å². The molecule has 0 spiro atoms. The molecule has 2 aromatic carbocycles. The largest absolute Gasteiger partial charge is 0.484 e. The molecule has 0 radical (unpaired) electrons. The molecule has 5 nitrogen and oxygen atoms in total. The van der Waals surface area contributed by atoms with Gasteiger partial charge < -0.3 is 15.8 Å². The summed E-state index contributed by atoms with van der Waals surface area (Å²) in [5.41, 5.74) is 7.21. The summed E-state index contributed by atoms with van der Waals surface area (Å²) in [6, 6.07) is 15.6. The third-order valence-electron chi connectivity index (χ3n) is 3.64. The highest BCUT2D eigenvalue weighted by Crippen LogP contribution is 2.18. The number of primary amides is 1. The smallest absolute Gasteiger partial charge is 0.258 e. The first-order chi connectivity index (χ1) is 11.5. The van der Waals surface area contributed by atoms with Crippen molar-refractivity contribution in [2.75, 3.05) is 6.61 Å². The lowest BCUT2D eigenvalue weighted by atomic mass is 10.0. The summed E-state index contributed by atoms with van der Waals surface area (Å²) >= 11 is 0. The van der Waals surface area contributed by atoms with Crippen molar-refractivity contribution >= 4 is 11.8 Å². The SMILES string of the molecule is CC(C)c1ccc(OCC(=O)NC(C(N)=O)c2ccccc2)cc1. The molecule has 3 N–H and O–H groups in total. The van der Waals surface area contributed by atoms with Crippen LogP contribution in [0.3, 0.4) is 0 Å². The standard InChI is InChI=1S/C19H22N2O3/c1-13(2)14-8-10-16(11-9-14)24-12-17(22)21-18(19(20)23)15-6-4-3-5-7-15/h3-11,13,18H,12H2,1-2H3,(H2,20,23)(H,21,22). The van der Waals surface area contributed by atoms with Gasteiger partial charge in [-0.1, -0.05) is 56.3 Å². The van der Waals surface area contributed by atoms with Gasteiger partial charge in [0.05, 0.1) is 0 Å². The Labute approximate surface area is 141 Å². The predicted octanol–water partition coefficient (Wildman–Crippen LogP) is 2.53. The van der Waals surface area contributed by atoms with Crippen LogP contribution in [0.15, 0.2) is 54.6 Å². The minimum atomic E-state index is -0.870. The second kappa shape index (κ2) is 8.15. The molecule has 1 atom stereocenters. The molecule has 1 unspecified atom stereocenters. The lowest BCUT2D eigenvalue weighted by Crippen LogP contribution is -2.39. The minimum absolute atomic E-state index is 0.183. The molecule has 0 saturated heterocycles. The van der Waals surface area contributed by atoms with Crippen LogP contribution in [-0.2, 0) is 9.59 Å². The van der Waals surface area contributed by atoms with Crippen molar-refractivity contribution in [2.24, 2.45) is 5.73 Å². The fourth-order valence-corrected chi connectivity index (χ4v) is 2.26. The van der Waals surface area contributed by atoms with Gasteiger partial charge in [-0.05, 0) is 29.2 Å². The minimum Gasteiger partial charge on any atom is -0.484 e. The first-order valence-corrected chi connectivity index (χ1v) is 7.83. The van der Waals surface area contributed by atoms with Gasteiger partial charge >= 0.3 is 0 Å². The van der Waals surface area contributed by atoms with E-state index in [9.17, 15) is 9.59 Å². The lowest BCUT2D eigenvalue weighted by Gasteiger charge is -2.16. The van der Waals surface area contributed by atoms with E-state index in [1.807, 2.05) is 30.3 Å². The van der Waals surface area contributed by atoms with Crippen molar-refractivity contribution in [3.05, 3.63) is 65.7 Å². The van der Waals surface area contributed by atoms with Crippen LogP contribution in [0.5, 0.6) is 5.75 Å². The molecule has 0 aliphatic heterocycles. The molecular weight excluding hydrogens is 304 g/mol. The summed E-state index contributed by atoms with van der Waals surface area (Å²) in [7, 11) is 0. The molecule has 2 amide bonds. The van der Waals surface area contributed by atoms with E-state index < -0.39 is 17.9 Å². The number of hydrogen-bond donors (Lipinski definition) is 2. The third kappa shape index (κ3) is 4.84. The molecule has 0 aromatic heterocycles. The number of nitrogens with one attached hydrogen (secondary N) is 1. The van der Waals surface area contributed by atoms with E-state index in [0.717, 1.165) is 0 Å². The topological polar surface area (TPSA) is 81.4 Å². The van der Waals surface area contributed by atoms with Gasteiger partial charge in [-0.3, -0.25) is 9.59 Å². The quantitative estimate of drug-likeness (QED) is 0.820. The molecule has 0 bridgehead atoms. The van der Waals surface area contributed by atoms with Gasteiger partial charge in [0.25, 0.3) is 5.91 Å². The normalized spacial score (nSPS) is 11.8. The molecule has 2 rings (SSSR count). The first kappa shape index (κ1) is 17.5. The summed E-state index contributed by atoms with van der Waals surface area (Å²) in [5.74, 6) is 0.0147. The summed E-state index contributed by atoms with van der Waals surface area (Å²) in [6.45, 7) is 4.03. The molecule has 24 heavy (non-hydrogen) atoms. The average molecular weight is 326 g/mol. The molecule has 0 saturated carbocycles. The second-order valence-corrected chi connectivity index (χ2v) is 5.83. The van der Waals surface area contributed by atoms with Crippen molar-refractivity contribution in [1.82, 2.24) is 5.32 Å². The summed E-state index contributed by atoms with van der Waals surface area (Å²) in [4.78, 5) is 23.6. The molecule has 0 fully saturated rings. The van der Waals surface area contributed by atoms with E-state index in [0.29, 0.717) is 17.2 Å². The number of hydrogen-bond acceptors (Lipinski definition) is 3. The number of ether oxygens (including phenoxy) is 1. The Balaban J connectivity index is 1.93. The van der Waals surface area contributed by atoms with Gasteiger partial charge in [0, 0.05) is 0 Å². The van der Waals surface area contributed by atoms with Crippen LogP contribution < -0.4 is 15.8 Å². The maximum absolute atomic E-state index is 12.0. The van der Waals surface area contributed by atoms with Gasteiger partial charge in [-0.25, -0.2) is 0 Å². The van der Waals surface area contributed by atoms with Crippen molar-refractivity contribution in [3.63, 3.8) is 0 Å². The van der Waals surface area contributed by atoms with Gasteiger partial charge in [-0.15, -0.1) is 0 Å². The highest BCUT2D eigenvalue weighted by Gasteiger charge is 2.20. The number of rotatable bonds is 7. The maximum Gasteiger partial charge on any atom is 0.258 e. The van der Waals surface area contributed by atoms with Crippen LogP contribution >= 0.6 is 0 Å². The Morgan fingerprint density at radius 3 is 2.17 bits per heavy atom. The van der Waals surface area contributed by atoms with E-state index in [1.165, 1.54) is 5.56 Å². The highest BCUT2D eigenvalue weighted by atomic mass is 16.5. The number of nitrogens with two attached hydrogens (primary N) is 1. The van der Waals surface area contributed by atoms with Gasteiger partial charge in [0.2, 0.25) is 5.91 Å². The van der Waals surface area contributed by atoms with Gasteiger partial charge in [0.15, 0.2) is 6.61 Å². The lowest BCUT2D eigenvalue weighted by molar-refractivity contribution is -0.128. The highest BCUT2D eigenvalue weighted by molar-refractivity contribution is 5.88. The molecule has 5 heteroatoms. The third-order valence-corrected chi connectivity index (χ3v) is 3.64. The summed E-state index contributed by atoms with van der Waals surface area (Å²) in [6.07, 6.45) is 0. The fraction of sp³-hybridized carbons (Fsp3) is 0.263. The van der Waals surface area contributed by atoms with Crippen LogP contribution in [0.2, 0.25) is 0 Å². The van der Waals surface area contributed by atoms with Crippen LogP contribution in [-0.4, -0.2) is 18.4 Å². The Morgan fingerprint density at radius 1 is 1.00 bits per heavy atom. The van der Waals surface area contributed by atoms with Crippen LogP contribution in [0, 0.1) is 0 Å². The van der Waals surface area contributed by atoms with Gasteiger partial charge in [-0.2, -0.15) is 0 Å². The van der Waals surface area contributed by atoms with Crippen LogP contribution in [0.4, 0.5) is 0 Å². The first-order valence-electron chi connectivity index (χ1n) is 7.83. The van der Waals surface area contributed by atoms with Gasteiger partial charge in [0.1, 0.15) is 11.8 Å². The number of amides is 2. The molecular formula is C19H22N2O3. The number of carbonyl (C=O) groups excluding carboxylic acids is 2. The molecule has 0 aliphatic rings. The zero-order valence-corrected chi connectivity index (χ0v) is 13.9. The number of carbonyl (C=O) groups is 2. The Morgan fingerprint density at radius 2 is 1.62 bits per heavy atom. The Kier molecular flexibility index (Phi) is 5.95. The molecule has 126 valence electrons. The van der Waals surface area contributed by atoms with Crippen molar-refractivity contribution < 1.29 is 14.3 Å². The predicted molar refractivity (Wildman–Crippen MR) is 92.5 cm³/mol. The van der Waals surface area contributed by atoms with Crippen LogP contribution in [0.25, 0.3) is 0 Å². The summed E-state index contributed by atoms with van der Waals surface area (Å²) in [5, 5.41) is 2.59. The van der Waals surface area contributed by atoms with Crippen molar-refractivity contribution in [2.45, 2.75) is 25.8 Å². The van der Waals surface area contributed by atoms with Crippen molar-refractivity contribution in [1.29, 1.82) is 0 Å². The summed E-state index contributed by atoms with van der Waals surface area (Å²) < 4.78 is 5.45. The van der Waals surface area contributed by atoms with E-state index >= 15 is 0 Å². The molecule has 2 aromatic rings. The maximum atomic E-state index is 12.0. The van der Waals surface area contributed by atoms with Crippen molar-refractivity contribution in [3.8, 4) is 5.75 Å². The number of benzene rings is 2. The Bertz CT molecular complexity index is 682. The fourth-order valence-electron chi connectivity index (χ4n) is 2.26. The van der Waals surface area contributed by atoms with E-state index in [4.69, 9.17) is 10.5 Å².